The molecule has 0 atom stereocenters. The lowest BCUT2D eigenvalue weighted by molar-refractivity contribution is 0.102. The summed E-state index contributed by atoms with van der Waals surface area (Å²) >= 11 is 1.32. The molecule has 0 radical (unpaired) electrons. The number of nitrogens with two attached hydrogens (primary N) is 1. The first kappa shape index (κ1) is 13.9. The SMILES string of the molecule is CN(C)c1ccc(N)cc1C(=O)Nc1sccc1C#N. The highest BCUT2D eigenvalue weighted by Gasteiger charge is 2.15. The van der Waals surface area contributed by atoms with Crippen LogP contribution in [0, 0.1) is 11.3 Å². The largest absolute Gasteiger partial charge is 0.399 e. The number of amides is 1. The van der Waals surface area contributed by atoms with Gasteiger partial charge in [-0.1, -0.05) is 0 Å². The van der Waals surface area contributed by atoms with Gasteiger partial charge in [0.1, 0.15) is 11.1 Å². The number of nitrogens with zero attached hydrogens (tertiary/aromatic N) is 2. The van der Waals surface area contributed by atoms with E-state index < -0.39 is 0 Å². The minimum Gasteiger partial charge on any atom is -0.399 e. The van der Waals surface area contributed by atoms with Crippen molar-refractivity contribution in [3.8, 4) is 6.07 Å². The van der Waals surface area contributed by atoms with E-state index in [1.165, 1.54) is 11.3 Å². The van der Waals surface area contributed by atoms with E-state index in [1.807, 2.05) is 25.1 Å². The van der Waals surface area contributed by atoms with Gasteiger partial charge >= 0.3 is 0 Å². The minimum absolute atomic E-state index is 0.278. The molecule has 6 heteroatoms. The van der Waals surface area contributed by atoms with Crippen LogP contribution in [0.25, 0.3) is 0 Å². The molecule has 5 nitrogen and oxygen atoms in total. The number of hydrogen-bond acceptors (Lipinski definition) is 5. The first-order chi connectivity index (χ1) is 9.52. The summed E-state index contributed by atoms with van der Waals surface area (Å²) in [4.78, 5) is 14.2. The molecule has 0 saturated heterocycles. The molecular formula is C14H14N4OS. The average molecular weight is 286 g/mol. The summed E-state index contributed by atoms with van der Waals surface area (Å²) in [5.41, 5.74) is 7.97. The number of anilines is 3. The molecule has 3 N–H and O–H groups in total. The van der Waals surface area contributed by atoms with Crippen molar-refractivity contribution in [2.45, 2.75) is 0 Å². The van der Waals surface area contributed by atoms with Gasteiger partial charge in [0, 0.05) is 25.5 Å². The van der Waals surface area contributed by atoms with Crippen molar-refractivity contribution in [3.05, 3.63) is 40.8 Å². The fraction of sp³-hybridized carbons (Fsp3) is 0.143. The molecule has 1 aromatic carbocycles. The number of nitrogen functional groups attached to an aromatic ring is 1. The van der Waals surface area contributed by atoms with Gasteiger partial charge in [-0.05, 0) is 29.6 Å². The standard InChI is InChI=1S/C14H14N4OS/c1-18(2)12-4-3-10(16)7-11(12)13(19)17-14-9(8-15)5-6-20-14/h3-7H,16H2,1-2H3,(H,17,19). The molecule has 0 unspecified atom stereocenters. The Bertz CT molecular complexity index is 685. The van der Waals surface area contributed by atoms with Gasteiger partial charge < -0.3 is 16.0 Å². The molecule has 1 amide bonds. The Morgan fingerprint density at radius 2 is 2.15 bits per heavy atom. The summed E-state index contributed by atoms with van der Waals surface area (Å²) in [6.45, 7) is 0. The number of benzene rings is 1. The quantitative estimate of drug-likeness (QED) is 0.849. The van der Waals surface area contributed by atoms with Crippen LogP contribution in [-0.4, -0.2) is 20.0 Å². The molecule has 1 aromatic heterocycles. The van der Waals surface area contributed by atoms with E-state index in [0.29, 0.717) is 21.8 Å². The smallest absolute Gasteiger partial charge is 0.258 e. The van der Waals surface area contributed by atoms with Gasteiger partial charge in [-0.25, -0.2) is 0 Å². The summed E-state index contributed by atoms with van der Waals surface area (Å²) < 4.78 is 0. The summed E-state index contributed by atoms with van der Waals surface area (Å²) in [7, 11) is 3.71. The highest BCUT2D eigenvalue weighted by Crippen LogP contribution is 2.26. The number of carbonyl (C=O) groups is 1. The maximum Gasteiger partial charge on any atom is 0.258 e. The Labute approximate surface area is 121 Å². The molecule has 0 aliphatic rings. The number of nitrogens with one attached hydrogen (secondary N) is 1. The van der Waals surface area contributed by atoms with Crippen molar-refractivity contribution < 1.29 is 4.79 Å². The Balaban J connectivity index is 2.34. The van der Waals surface area contributed by atoms with E-state index >= 15 is 0 Å². The number of carbonyl (C=O) groups excluding carboxylic acids is 1. The Morgan fingerprint density at radius 3 is 2.80 bits per heavy atom. The van der Waals surface area contributed by atoms with Gasteiger partial charge in [-0.3, -0.25) is 4.79 Å². The van der Waals surface area contributed by atoms with Crippen molar-refractivity contribution >= 4 is 33.6 Å². The number of rotatable bonds is 3. The van der Waals surface area contributed by atoms with Crippen LogP contribution < -0.4 is 16.0 Å². The van der Waals surface area contributed by atoms with Crippen LogP contribution in [0.4, 0.5) is 16.4 Å². The maximum absolute atomic E-state index is 12.4. The molecule has 20 heavy (non-hydrogen) atoms. The second-order valence-corrected chi connectivity index (χ2v) is 5.32. The van der Waals surface area contributed by atoms with Crippen LogP contribution in [0.1, 0.15) is 15.9 Å². The lowest BCUT2D eigenvalue weighted by Gasteiger charge is -2.17. The molecule has 0 bridgehead atoms. The maximum atomic E-state index is 12.4. The number of nitriles is 1. The van der Waals surface area contributed by atoms with Crippen molar-refractivity contribution in [1.29, 1.82) is 5.26 Å². The average Bonchev–Trinajstić information content (AvgIpc) is 2.85. The van der Waals surface area contributed by atoms with Crippen molar-refractivity contribution in [2.75, 3.05) is 30.0 Å². The third-order valence-corrected chi connectivity index (χ3v) is 3.59. The van der Waals surface area contributed by atoms with E-state index in [1.54, 1.807) is 29.6 Å². The zero-order valence-corrected chi connectivity index (χ0v) is 12.0. The Kier molecular flexibility index (Phi) is 3.91. The first-order valence-corrected chi connectivity index (χ1v) is 6.76. The first-order valence-electron chi connectivity index (χ1n) is 5.88. The summed E-state index contributed by atoms with van der Waals surface area (Å²) in [6.07, 6.45) is 0. The third-order valence-electron chi connectivity index (χ3n) is 2.76. The second-order valence-electron chi connectivity index (χ2n) is 4.40. The van der Waals surface area contributed by atoms with Gasteiger partial charge in [0.25, 0.3) is 5.91 Å². The van der Waals surface area contributed by atoms with Crippen LogP contribution in [0.3, 0.4) is 0 Å². The highest BCUT2D eigenvalue weighted by molar-refractivity contribution is 7.14. The molecule has 102 valence electrons. The van der Waals surface area contributed by atoms with Crippen LogP contribution >= 0.6 is 11.3 Å². The lowest BCUT2D eigenvalue weighted by atomic mass is 10.1. The minimum atomic E-state index is -0.278. The third kappa shape index (κ3) is 2.73. The Hall–Kier alpha value is -2.52. The summed E-state index contributed by atoms with van der Waals surface area (Å²) in [5, 5.41) is 14.0. The van der Waals surface area contributed by atoms with Gasteiger partial charge in [0.2, 0.25) is 0 Å². The summed E-state index contributed by atoms with van der Waals surface area (Å²) in [6, 6.07) is 8.89. The zero-order chi connectivity index (χ0) is 14.7. The van der Waals surface area contributed by atoms with Crippen molar-refractivity contribution in [1.82, 2.24) is 0 Å². The Morgan fingerprint density at radius 1 is 1.40 bits per heavy atom. The molecule has 0 spiro atoms. The topological polar surface area (TPSA) is 82.2 Å². The van der Waals surface area contributed by atoms with Gasteiger partial charge in [0.05, 0.1) is 11.1 Å². The van der Waals surface area contributed by atoms with Gasteiger partial charge in [-0.2, -0.15) is 5.26 Å². The number of thiophene rings is 1. The zero-order valence-electron chi connectivity index (χ0n) is 11.2. The van der Waals surface area contributed by atoms with Crippen LogP contribution in [0.5, 0.6) is 0 Å². The van der Waals surface area contributed by atoms with E-state index in [2.05, 4.69) is 5.32 Å². The molecule has 1 heterocycles. The molecule has 2 rings (SSSR count). The molecule has 2 aromatic rings. The predicted octanol–water partition coefficient (Wildman–Crippen LogP) is 2.52. The van der Waals surface area contributed by atoms with E-state index in [0.717, 1.165) is 5.69 Å². The number of hydrogen-bond donors (Lipinski definition) is 2. The van der Waals surface area contributed by atoms with Crippen LogP contribution in [0.15, 0.2) is 29.6 Å². The van der Waals surface area contributed by atoms with Crippen LogP contribution in [0.2, 0.25) is 0 Å². The molecule has 0 aliphatic heterocycles. The van der Waals surface area contributed by atoms with Gasteiger partial charge in [0.15, 0.2) is 0 Å². The van der Waals surface area contributed by atoms with Crippen LogP contribution in [-0.2, 0) is 0 Å². The van der Waals surface area contributed by atoms with Gasteiger partial charge in [-0.15, -0.1) is 11.3 Å². The van der Waals surface area contributed by atoms with E-state index in [9.17, 15) is 4.79 Å². The normalized spacial score (nSPS) is 9.85. The monoisotopic (exact) mass is 286 g/mol. The van der Waals surface area contributed by atoms with Crippen molar-refractivity contribution in [2.24, 2.45) is 0 Å². The fourth-order valence-corrected chi connectivity index (χ4v) is 2.52. The lowest BCUT2D eigenvalue weighted by Crippen LogP contribution is -2.18. The predicted molar refractivity (Wildman–Crippen MR) is 82.2 cm³/mol. The molecule has 0 fully saturated rings. The molecular weight excluding hydrogens is 272 g/mol. The molecule has 0 saturated carbocycles. The van der Waals surface area contributed by atoms with Crippen molar-refractivity contribution in [3.63, 3.8) is 0 Å². The summed E-state index contributed by atoms with van der Waals surface area (Å²) in [5.74, 6) is -0.278. The van der Waals surface area contributed by atoms with E-state index in [4.69, 9.17) is 11.0 Å². The van der Waals surface area contributed by atoms with E-state index in [-0.39, 0.29) is 5.91 Å². The highest BCUT2D eigenvalue weighted by atomic mass is 32.1. The fourth-order valence-electron chi connectivity index (χ4n) is 1.79. The molecule has 0 aliphatic carbocycles. The second kappa shape index (κ2) is 5.63.